The number of aliphatic carboxylic acids is 1. The first kappa shape index (κ1) is 28.5. The van der Waals surface area contributed by atoms with Crippen molar-refractivity contribution < 1.29 is 37.3 Å². The summed E-state index contributed by atoms with van der Waals surface area (Å²) in [5.41, 5.74) is 9.01. The Morgan fingerprint density at radius 1 is 1.19 bits per heavy atom. The molecule has 4 N–H and O–H groups in total. The number of carboxylic acids is 1. The molecule has 3 aromatic rings. The van der Waals surface area contributed by atoms with Gasteiger partial charge in [0.05, 0.1) is 24.0 Å². The number of aryl methyl sites for hydroxylation is 2. The molecule has 0 fully saturated rings. The number of alkyl halides is 3. The molecule has 0 saturated carbocycles. The number of aromatic nitrogens is 2. The smallest absolute Gasteiger partial charge is 0.490 e. The lowest BCUT2D eigenvalue weighted by atomic mass is 10.1. The van der Waals surface area contributed by atoms with Crippen LogP contribution in [0.4, 0.5) is 18.9 Å². The fraction of sp³-hybridized carbons (Fsp3) is 0.261. The highest BCUT2D eigenvalue weighted by molar-refractivity contribution is 6.33. The van der Waals surface area contributed by atoms with Crippen LogP contribution in [-0.2, 0) is 11.8 Å². The Hall–Kier alpha value is -3.77. The standard InChI is InChI=1S/C21H23ClN4O3.C2HF3O2/c1-13-4-5-14(10-19(13)28-3)21(27)25-15-6-7-18(29-9-8-23)16(11-15)20-17(22)12-24-26(20)2;3-2(4,5)1(6)7/h4-7,10-12H,8-9,23H2,1-3H3,(H,25,27);(H,6,7). The van der Waals surface area contributed by atoms with Crippen molar-refractivity contribution in [2.75, 3.05) is 25.6 Å². The Bertz CT molecular complexity index is 1210. The molecule has 0 saturated heterocycles. The summed E-state index contributed by atoms with van der Waals surface area (Å²) in [6, 6.07) is 10.7. The van der Waals surface area contributed by atoms with Crippen molar-refractivity contribution in [2.45, 2.75) is 13.1 Å². The number of amides is 1. The minimum atomic E-state index is -5.08. The molecule has 0 spiro atoms. The van der Waals surface area contributed by atoms with Gasteiger partial charge in [0.2, 0.25) is 0 Å². The van der Waals surface area contributed by atoms with E-state index in [0.717, 1.165) is 5.56 Å². The van der Waals surface area contributed by atoms with Crippen LogP contribution in [0.5, 0.6) is 11.5 Å². The molecule has 0 unspecified atom stereocenters. The zero-order valence-corrected chi connectivity index (χ0v) is 20.3. The first-order chi connectivity index (χ1) is 16.9. The number of carbonyl (C=O) groups excluding carboxylic acids is 1. The van der Waals surface area contributed by atoms with Crippen molar-refractivity contribution in [3.05, 3.63) is 58.7 Å². The summed E-state index contributed by atoms with van der Waals surface area (Å²) < 4.78 is 44.4. The summed E-state index contributed by atoms with van der Waals surface area (Å²) in [7, 11) is 3.37. The lowest BCUT2D eigenvalue weighted by Gasteiger charge is -2.14. The van der Waals surface area contributed by atoms with Crippen LogP contribution in [0, 0.1) is 6.92 Å². The summed E-state index contributed by atoms with van der Waals surface area (Å²) in [6.07, 6.45) is -3.52. The van der Waals surface area contributed by atoms with E-state index < -0.39 is 12.1 Å². The van der Waals surface area contributed by atoms with Gasteiger partial charge in [0.15, 0.2) is 0 Å². The lowest BCUT2D eigenvalue weighted by molar-refractivity contribution is -0.192. The zero-order valence-electron chi connectivity index (χ0n) is 19.5. The quantitative estimate of drug-likeness (QED) is 0.417. The largest absolute Gasteiger partial charge is 0.496 e. The number of anilines is 1. The first-order valence-electron chi connectivity index (χ1n) is 10.3. The molecule has 194 valence electrons. The number of nitrogens with one attached hydrogen (secondary N) is 1. The fourth-order valence-corrected chi connectivity index (χ4v) is 3.23. The van der Waals surface area contributed by atoms with Crippen LogP contribution in [0.2, 0.25) is 5.02 Å². The molecule has 1 heterocycles. The fourth-order valence-electron chi connectivity index (χ4n) is 2.97. The molecule has 0 aliphatic rings. The van der Waals surface area contributed by atoms with Gasteiger partial charge in [-0.3, -0.25) is 9.48 Å². The second-order valence-corrected chi connectivity index (χ2v) is 7.66. The molecule has 3 rings (SSSR count). The predicted molar refractivity (Wildman–Crippen MR) is 128 cm³/mol. The normalized spacial score (nSPS) is 10.8. The highest BCUT2D eigenvalue weighted by Crippen LogP contribution is 2.36. The second kappa shape index (κ2) is 12.3. The molecular weight excluding hydrogens is 505 g/mol. The van der Waals surface area contributed by atoms with Crippen LogP contribution in [0.15, 0.2) is 42.6 Å². The number of hydrogen-bond donors (Lipinski definition) is 3. The summed E-state index contributed by atoms with van der Waals surface area (Å²) in [5.74, 6) is -1.74. The van der Waals surface area contributed by atoms with Gasteiger partial charge < -0.3 is 25.6 Å². The van der Waals surface area contributed by atoms with Crippen LogP contribution in [0.3, 0.4) is 0 Å². The van der Waals surface area contributed by atoms with Gasteiger partial charge in [-0.05, 0) is 42.8 Å². The zero-order chi connectivity index (χ0) is 27.0. The van der Waals surface area contributed by atoms with E-state index in [0.29, 0.717) is 52.2 Å². The number of nitrogens with zero attached hydrogens (tertiary/aromatic N) is 2. The number of nitrogens with two attached hydrogens (primary N) is 1. The number of rotatable bonds is 7. The summed E-state index contributed by atoms with van der Waals surface area (Å²) >= 11 is 6.32. The molecule has 2 aromatic carbocycles. The Labute approximate surface area is 209 Å². The van der Waals surface area contributed by atoms with Gasteiger partial charge in [-0.1, -0.05) is 17.7 Å². The minimum absolute atomic E-state index is 0.249. The van der Waals surface area contributed by atoms with E-state index >= 15 is 0 Å². The van der Waals surface area contributed by atoms with Crippen LogP contribution in [-0.4, -0.2) is 53.2 Å². The Morgan fingerprint density at radius 2 is 1.86 bits per heavy atom. The van der Waals surface area contributed by atoms with Crippen molar-refractivity contribution in [1.29, 1.82) is 0 Å². The van der Waals surface area contributed by atoms with E-state index in [1.807, 2.05) is 13.0 Å². The van der Waals surface area contributed by atoms with Gasteiger partial charge in [0.1, 0.15) is 18.1 Å². The molecule has 9 nitrogen and oxygen atoms in total. The highest BCUT2D eigenvalue weighted by atomic mass is 35.5. The van der Waals surface area contributed by atoms with Crippen LogP contribution < -0.4 is 20.5 Å². The molecule has 0 bridgehead atoms. The average Bonchev–Trinajstić information content (AvgIpc) is 3.15. The van der Waals surface area contributed by atoms with Crippen LogP contribution in [0.1, 0.15) is 15.9 Å². The third-order valence-corrected chi connectivity index (χ3v) is 4.95. The van der Waals surface area contributed by atoms with Crippen LogP contribution in [0.25, 0.3) is 11.3 Å². The molecule has 36 heavy (non-hydrogen) atoms. The Balaban J connectivity index is 0.000000572. The monoisotopic (exact) mass is 528 g/mol. The molecule has 0 aliphatic heterocycles. The van der Waals surface area contributed by atoms with Gasteiger partial charge >= 0.3 is 12.1 Å². The predicted octanol–water partition coefficient (Wildman–Crippen LogP) is 4.28. The maximum Gasteiger partial charge on any atom is 0.490 e. The number of hydrogen-bond acceptors (Lipinski definition) is 6. The summed E-state index contributed by atoms with van der Waals surface area (Å²) in [6.45, 7) is 2.66. The van der Waals surface area contributed by atoms with E-state index in [-0.39, 0.29) is 5.91 Å². The molecular formula is C23H24ClF3N4O5. The lowest BCUT2D eigenvalue weighted by Crippen LogP contribution is -2.21. The molecule has 0 aliphatic carbocycles. The van der Waals surface area contributed by atoms with Gasteiger partial charge in [-0.25, -0.2) is 4.79 Å². The Kier molecular flexibility index (Phi) is 9.70. The number of carbonyl (C=O) groups is 2. The third-order valence-electron chi connectivity index (χ3n) is 4.67. The van der Waals surface area contributed by atoms with Gasteiger partial charge in [0.25, 0.3) is 5.91 Å². The number of halogens is 4. The van der Waals surface area contributed by atoms with Crippen LogP contribution >= 0.6 is 11.6 Å². The van der Waals surface area contributed by atoms with Gasteiger partial charge in [-0.2, -0.15) is 18.3 Å². The van der Waals surface area contributed by atoms with E-state index in [4.69, 9.17) is 36.7 Å². The maximum absolute atomic E-state index is 12.7. The van der Waals surface area contributed by atoms with Crippen molar-refractivity contribution in [2.24, 2.45) is 12.8 Å². The average molecular weight is 529 g/mol. The number of carboxylic acid groups (broad SMARTS) is 1. The van der Waals surface area contributed by atoms with Crippen molar-refractivity contribution in [3.63, 3.8) is 0 Å². The topological polar surface area (TPSA) is 129 Å². The van der Waals surface area contributed by atoms with Crippen molar-refractivity contribution >= 4 is 29.2 Å². The van der Waals surface area contributed by atoms with E-state index in [2.05, 4.69) is 10.4 Å². The number of methoxy groups -OCH3 is 1. The molecule has 1 amide bonds. The SMILES string of the molecule is COc1cc(C(=O)Nc2ccc(OCCN)c(-c3c(Cl)cnn3C)c2)ccc1C.O=C(O)C(F)(F)F. The van der Waals surface area contributed by atoms with Gasteiger partial charge in [-0.15, -0.1) is 0 Å². The molecule has 1 aromatic heterocycles. The van der Waals surface area contributed by atoms with E-state index in [1.165, 1.54) is 0 Å². The van der Waals surface area contributed by atoms with Crippen molar-refractivity contribution in [1.82, 2.24) is 9.78 Å². The van der Waals surface area contributed by atoms with E-state index in [9.17, 15) is 18.0 Å². The summed E-state index contributed by atoms with van der Waals surface area (Å²) in [5, 5.41) is 14.7. The minimum Gasteiger partial charge on any atom is -0.496 e. The second-order valence-electron chi connectivity index (χ2n) is 7.25. The molecule has 0 radical (unpaired) electrons. The maximum atomic E-state index is 12.7. The molecule has 13 heteroatoms. The third kappa shape index (κ3) is 7.36. The molecule has 0 atom stereocenters. The van der Waals surface area contributed by atoms with Gasteiger partial charge in [0, 0.05) is 30.4 Å². The van der Waals surface area contributed by atoms with Crippen molar-refractivity contribution in [3.8, 4) is 22.8 Å². The Morgan fingerprint density at radius 3 is 2.39 bits per heavy atom. The van der Waals surface area contributed by atoms with E-state index in [1.54, 1.807) is 55.4 Å². The first-order valence-corrected chi connectivity index (χ1v) is 10.7. The summed E-state index contributed by atoms with van der Waals surface area (Å²) in [4.78, 5) is 21.6. The number of benzene rings is 2. The number of ether oxygens (including phenoxy) is 2. The highest BCUT2D eigenvalue weighted by Gasteiger charge is 2.38.